The highest BCUT2D eigenvalue weighted by molar-refractivity contribution is 8.00. The molecule has 0 fully saturated rings. The molecule has 0 saturated heterocycles. The van der Waals surface area contributed by atoms with E-state index in [9.17, 15) is 0 Å². The summed E-state index contributed by atoms with van der Waals surface area (Å²) in [5.74, 6) is 1.45. The average molecular weight is 347 g/mol. The molecule has 112 valence electrons. The van der Waals surface area contributed by atoms with Crippen LogP contribution in [-0.4, -0.2) is 21.5 Å². The smallest absolute Gasteiger partial charge is 0.191 e. The van der Waals surface area contributed by atoms with Crippen molar-refractivity contribution in [1.29, 1.82) is 10.5 Å². The summed E-state index contributed by atoms with van der Waals surface area (Å²) in [6.45, 7) is 2.29. The first-order chi connectivity index (χ1) is 10.7. The molecule has 0 aliphatic heterocycles. The third-order valence-electron chi connectivity index (χ3n) is 3.64. The summed E-state index contributed by atoms with van der Waals surface area (Å²) in [6, 6.07) is 4.28. The van der Waals surface area contributed by atoms with Crippen molar-refractivity contribution in [3.05, 3.63) is 10.4 Å². The van der Waals surface area contributed by atoms with Crippen molar-refractivity contribution < 1.29 is 0 Å². The Hall–Kier alpha value is -1.28. The summed E-state index contributed by atoms with van der Waals surface area (Å²) in [6.07, 6.45) is 3.39. The Balaban J connectivity index is 2.10. The fourth-order valence-corrected chi connectivity index (χ4v) is 5.44. The Kier molecular flexibility index (Phi) is 4.87. The van der Waals surface area contributed by atoms with Crippen LogP contribution in [0.25, 0.3) is 10.2 Å². The van der Waals surface area contributed by atoms with Gasteiger partial charge in [0, 0.05) is 10.3 Å². The largest absolute Gasteiger partial charge is 0.215 e. The van der Waals surface area contributed by atoms with Gasteiger partial charge in [-0.15, -0.1) is 11.3 Å². The highest BCUT2D eigenvalue weighted by atomic mass is 32.2. The van der Waals surface area contributed by atoms with E-state index < -0.39 is 0 Å². The summed E-state index contributed by atoms with van der Waals surface area (Å²) in [7, 11) is 0. The molecule has 2 aromatic heterocycles. The Morgan fingerprint density at radius 2 is 2.00 bits per heavy atom. The van der Waals surface area contributed by atoms with Crippen molar-refractivity contribution >= 4 is 45.1 Å². The van der Waals surface area contributed by atoms with Gasteiger partial charge in [0.25, 0.3) is 0 Å². The number of fused-ring (bicyclic) bond motifs is 3. The van der Waals surface area contributed by atoms with Gasteiger partial charge >= 0.3 is 0 Å². The Morgan fingerprint density at radius 1 is 1.23 bits per heavy atom. The van der Waals surface area contributed by atoms with E-state index in [1.54, 1.807) is 11.3 Å². The molecule has 1 atom stereocenters. The van der Waals surface area contributed by atoms with E-state index in [0.29, 0.717) is 16.7 Å². The molecule has 0 bridgehead atoms. The highest BCUT2D eigenvalue weighted by Gasteiger charge is 2.24. The third kappa shape index (κ3) is 3.08. The van der Waals surface area contributed by atoms with E-state index in [2.05, 4.69) is 29.0 Å². The molecular weight excluding hydrogens is 332 g/mol. The zero-order valence-corrected chi connectivity index (χ0v) is 14.6. The van der Waals surface area contributed by atoms with E-state index in [0.717, 1.165) is 34.0 Å². The maximum absolute atomic E-state index is 8.87. The van der Waals surface area contributed by atoms with Crippen LogP contribution in [-0.2, 0) is 12.8 Å². The number of aryl methyl sites for hydroxylation is 1. The lowest BCUT2D eigenvalue weighted by atomic mass is 9.89. The van der Waals surface area contributed by atoms with Crippen molar-refractivity contribution in [2.24, 2.45) is 5.92 Å². The van der Waals surface area contributed by atoms with Crippen molar-refractivity contribution in [1.82, 2.24) is 9.97 Å². The van der Waals surface area contributed by atoms with Crippen molar-refractivity contribution in [3.63, 3.8) is 0 Å². The van der Waals surface area contributed by atoms with E-state index in [4.69, 9.17) is 10.5 Å². The summed E-state index contributed by atoms with van der Waals surface area (Å²) in [4.78, 5) is 11.7. The van der Waals surface area contributed by atoms with Crippen LogP contribution in [0.1, 0.15) is 23.8 Å². The number of nitrogens with zero attached hydrogens (tertiary/aromatic N) is 4. The van der Waals surface area contributed by atoms with E-state index in [-0.39, 0.29) is 0 Å². The summed E-state index contributed by atoms with van der Waals surface area (Å²) in [5.41, 5.74) is 1.38. The number of hydrogen-bond acceptors (Lipinski definition) is 7. The van der Waals surface area contributed by atoms with E-state index >= 15 is 0 Å². The first-order valence-corrected chi connectivity index (χ1v) is 9.83. The molecule has 4 nitrogen and oxygen atoms in total. The second-order valence-electron chi connectivity index (χ2n) is 5.24. The van der Waals surface area contributed by atoms with Gasteiger partial charge < -0.3 is 0 Å². The summed E-state index contributed by atoms with van der Waals surface area (Å²) >= 11 is 4.59. The third-order valence-corrected chi connectivity index (χ3v) is 6.35. The Labute approximate surface area is 142 Å². The Bertz CT molecular complexity index is 785. The maximum atomic E-state index is 8.87. The lowest BCUT2D eigenvalue weighted by Gasteiger charge is -2.18. The fraction of sp³-hybridized carbons (Fsp3) is 0.467. The highest BCUT2D eigenvalue weighted by Crippen LogP contribution is 2.41. The minimum atomic E-state index is 0.343. The fourth-order valence-electron chi connectivity index (χ4n) is 2.66. The van der Waals surface area contributed by atoms with E-state index in [1.807, 2.05) is 0 Å². The molecule has 0 spiro atoms. The minimum Gasteiger partial charge on any atom is -0.215 e. The van der Waals surface area contributed by atoms with Gasteiger partial charge in [-0.2, -0.15) is 10.5 Å². The monoisotopic (exact) mass is 346 g/mol. The van der Waals surface area contributed by atoms with Crippen LogP contribution < -0.4 is 0 Å². The van der Waals surface area contributed by atoms with Crippen molar-refractivity contribution in [2.45, 2.75) is 36.4 Å². The van der Waals surface area contributed by atoms with Gasteiger partial charge in [0.2, 0.25) is 0 Å². The molecule has 1 aliphatic rings. The normalized spacial score (nSPS) is 17.0. The van der Waals surface area contributed by atoms with Crippen LogP contribution in [0.4, 0.5) is 0 Å². The quantitative estimate of drug-likeness (QED) is 0.472. The van der Waals surface area contributed by atoms with Crippen molar-refractivity contribution in [2.75, 3.05) is 11.5 Å². The zero-order valence-electron chi connectivity index (χ0n) is 12.1. The van der Waals surface area contributed by atoms with Crippen LogP contribution in [0.5, 0.6) is 0 Å². The lowest BCUT2D eigenvalue weighted by Crippen LogP contribution is -2.08. The molecule has 3 rings (SSSR count). The van der Waals surface area contributed by atoms with Crippen LogP contribution in [0.3, 0.4) is 0 Å². The number of hydrogen-bond donors (Lipinski definition) is 0. The molecule has 0 aromatic carbocycles. The topological polar surface area (TPSA) is 73.4 Å². The van der Waals surface area contributed by atoms with Gasteiger partial charge in [-0.1, -0.05) is 30.4 Å². The predicted octanol–water partition coefficient (Wildman–Crippen LogP) is 4.05. The molecule has 0 amide bonds. The number of rotatable bonds is 4. The SMILES string of the molecule is C[C@H]1CCc2c(sc3nc(SCC#N)nc(SCC#N)c23)C1. The Morgan fingerprint density at radius 3 is 2.77 bits per heavy atom. The van der Waals surface area contributed by atoms with Crippen LogP contribution in [0, 0.1) is 28.6 Å². The molecule has 2 aromatic rings. The molecule has 1 aliphatic carbocycles. The van der Waals surface area contributed by atoms with Gasteiger partial charge in [-0.3, -0.25) is 0 Å². The van der Waals surface area contributed by atoms with Crippen LogP contribution in [0.2, 0.25) is 0 Å². The first kappa shape index (κ1) is 15.6. The number of nitriles is 2. The molecule has 0 N–H and O–H groups in total. The molecule has 2 heterocycles. The van der Waals surface area contributed by atoms with Gasteiger partial charge in [0.1, 0.15) is 9.86 Å². The number of thiophene rings is 1. The minimum absolute atomic E-state index is 0.343. The van der Waals surface area contributed by atoms with Gasteiger partial charge in [0.15, 0.2) is 5.16 Å². The lowest BCUT2D eigenvalue weighted by molar-refractivity contribution is 0.509. The van der Waals surface area contributed by atoms with Crippen LogP contribution in [0.15, 0.2) is 10.2 Å². The van der Waals surface area contributed by atoms with Crippen LogP contribution >= 0.6 is 34.9 Å². The van der Waals surface area contributed by atoms with Gasteiger partial charge in [0.05, 0.1) is 23.6 Å². The van der Waals surface area contributed by atoms with E-state index in [1.165, 1.54) is 40.4 Å². The average Bonchev–Trinajstić information content (AvgIpc) is 2.87. The second kappa shape index (κ2) is 6.87. The van der Waals surface area contributed by atoms with Crippen molar-refractivity contribution in [3.8, 4) is 12.1 Å². The maximum Gasteiger partial charge on any atom is 0.191 e. The zero-order chi connectivity index (χ0) is 15.5. The number of thioether (sulfide) groups is 2. The van der Waals surface area contributed by atoms with Gasteiger partial charge in [-0.25, -0.2) is 9.97 Å². The molecule has 0 radical (unpaired) electrons. The number of aromatic nitrogens is 2. The summed E-state index contributed by atoms with van der Waals surface area (Å²) < 4.78 is 0. The molecule has 0 saturated carbocycles. The first-order valence-electron chi connectivity index (χ1n) is 7.04. The second-order valence-corrected chi connectivity index (χ2v) is 8.23. The molecule has 0 unspecified atom stereocenters. The molecule has 22 heavy (non-hydrogen) atoms. The van der Waals surface area contributed by atoms with Gasteiger partial charge in [-0.05, 0) is 30.7 Å². The predicted molar refractivity (Wildman–Crippen MR) is 91.3 cm³/mol. The molecule has 7 heteroatoms. The summed E-state index contributed by atoms with van der Waals surface area (Å²) in [5, 5.41) is 20.3. The molecular formula is C15H14N4S3. The standard InChI is InChI=1S/C15H14N4S3/c1-9-2-3-10-11(8-9)22-14-12(10)13(20-6-4-16)18-15(19-14)21-7-5-17/h9H,2-3,6-8H2,1H3/t9-/m0/s1.